The fourth-order valence-electron chi connectivity index (χ4n) is 8.35. The average Bonchev–Trinajstić information content (AvgIpc) is 3.03. The Morgan fingerprint density at radius 1 is 1.21 bits per heavy atom. The summed E-state index contributed by atoms with van der Waals surface area (Å²) in [6, 6.07) is 0. The second-order valence-electron chi connectivity index (χ2n) is 11.0. The van der Waals surface area contributed by atoms with Gasteiger partial charge in [-0.3, -0.25) is 0 Å². The summed E-state index contributed by atoms with van der Waals surface area (Å²) in [5.74, 6) is 4.11. The van der Waals surface area contributed by atoms with E-state index in [4.69, 9.17) is 5.53 Å². The van der Waals surface area contributed by atoms with Crippen LogP contribution in [-0.4, -0.2) is 17.8 Å². The molecule has 4 aliphatic carbocycles. The Morgan fingerprint density at radius 3 is 2.82 bits per heavy atom. The minimum Gasteiger partial charge on any atom is -0.393 e. The van der Waals surface area contributed by atoms with Gasteiger partial charge in [-0.1, -0.05) is 44.0 Å². The summed E-state index contributed by atoms with van der Waals surface area (Å²) in [5.41, 5.74) is 10.9. The number of aliphatic hydroxyl groups excluding tert-OH is 1. The van der Waals surface area contributed by atoms with Crippen LogP contribution < -0.4 is 0 Å². The Hall–Kier alpha value is -0.990. The highest BCUT2D eigenvalue weighted by Gasteiger charge is 2.58. The Morgan fingerprint density at radius 2 is 2.04 bits per heavy atom. The van der Waals surface area contributed by atoms with Crippen molar-refractivity contribution in [1.29, 1.82) is 0 Å². The molecule has 0 bridgehead atoms. The van der Waals surface area contributed by atoms with Crippen LogP contribution in [0.15, 0.2) is 16.8 Å². The Bertz CT molecular complexity index is 669. The minimum absolute atomic E-state index is 0.105. The number of hydrogen-bond donors (Lipinski definition) is 1. The molecule has 0 spiro atoms. The zero-order valence-corrected chi connectivity index (χ0v) is 18.1. The fourth-order valence-corrected chi connectivity index (χ4v) is 8.35. The van der Waals surface area contributed by atoms with E-state index < -0.39 is 0 Å². The van der Waals surface area contributed by atoms with Crippen LogP contribution in [0.2, 0.25) is 0 Å². The van der Waals surface area contributed by atoms with E-state index in [1.807, 2.05) is 0 Å². The molecule has 4 unspecified atom stereocenters. The van der Waals surface area contributed by atoms with Gasteiger partial charge in [-0.05, 0) is 104 Å². The molecule has 156 valence electrons. The van der Waals surface area contributed by atoms with Crippen LogP contribution in [0.3, 0.4) is 0 Å². The number of rotatable bonds is 5. The van der Waals surface area contributed by atoms with Crippen LogP contribution in [0.4, 0.5) is 0 Å². The van der Waals surface area contributed by atoms with E-state index in [1.54, 1.807) is 5.57 Å². The first-order valence-corrected chi connectivity index (χ1v) is 11.8. The van der Waals surface area contributed by atoms with Gasteiger partial charge in [0.05, 0.1) is 6.10 Å². The number of fused-ring (bicyclic) bond motifs is 5. The molecule has 28 heavy (non-hydrogen) atoms. The molecule has 0 heterocycles. The predicted octanol–water partition coefficient (Wildman–Crippen LogP) is 6.65. The minimum atomic E-state index is -0.105. The van der Waals surface area contributed by atoms with Crippen molar-refractivity contribution in [3.05, 3.63) is 22.1 Å². The molecule has 3 saturated carbocycles. The highest BCUT2D eigenvalue weighted by molar-refractivity contribution is 5.25. The Balaban J connectivity index is 1.50. The maximum Gasteiger partial charge on any atom is 0.0577 e. The van der Waals surface area contributed by atoms with E-state index in [2.05, 4.69) is 36.9 Å². The second kappa shape index (κ2) is 7.69. The fraction of sp³-hybridized carbons (Fsp3) is 0.917. The van der Waals surface area contributed by atoms with Crippen molar-refractivity contribution >= 4 is 0 Å². The summed E-state index contributed by atoms with van der Waals surface area (Å²) < 4.78 is 0. The van der Waals surface area contributed by atoms with Crippen molar-refractivity contribution in [3.63, 3.8) is 0 Å². The van der Waals surface area contributed by atoms with Crippen molar-refractivity contribution < 1.29 is 5.11 Å². The molecule has 0 saturated heterocycles. The van der Waals surface area contributed by atoms with Gasteiger partial charge in [0, 0.05) is 11.5 Å². The first-order valence-electron chi connectivity index (χ1n) is 11.8. The molecule has 1 N–H and O–H groups in total. The van der Waals surface area contributed by atoms with Gasteiger partial charge in [0.1, 0.15) is 0 Å². The molecule has 4 nitrogen and oxygen atoms in total. The normalized spacial score (nSPS) is 45.9. The van der Waals surface area contributed by atoms with Gasteiger partial charge in [-0.2, -0.15) is 0 Å². The van der Waals surface area contributed by atoms with Crippen molar-refractivity contribution in [1.82, 2.24) is 0 Å². The largest absolute Gasteiger partial charge is 0.393 e. The zero-order chi connectivity index (χ0) is 19.9. The summed E-state index contributed by atoms with van der Waals surface area (Å²) in [7, 11) is 0. The summed E-state index contributed by atoms with van der Waals surface area (Å²) in [6.45, 7) is 8.23. The number of nitrogens with zero attached hydrogens (tertiary/aromatic N) is 3. The van der Waals surface area contributed by atoms with Crippen molar-refractivity contribution in [2.45, 2.75) is 91.1 Å². The van der Waals surface area contributed by atoms with E-state index in [0.29, 0.717) is 17.4 Å². The summed E-state index contributed by atoms with van der Waals surface area (Å²) in [6.07, 6.45) is 14.6. The van der Waals surface area contributed by atoms with Gasteiger partial charge in [0.15, 0.2) is 0 Å². The van der Waals surface area contributed by atoms with E-state index >= 15 is 0 Å². The lowest BCUT2D eigenvalue weighted by molar-refractivity contribution is -0.0572. The van der Waals surface area contributed by atoms with Gasteiger partial charge < -0.3 is 5.11 Å². The molecule has 0 radical (unpaired) electrons. The standard InChI is InChI=1S/C24H39N3O/c1-16(5-4-14-26-27-25)20-8-9-21-19-7-6-17-15-18(28)10-12-23(17,2)22(19)11-13-24(20,21)3/h6,16,18-22,28H,4-5,7-15H2,1-3H3/t16-,18+,19?,20?,21?,22?,23+,24-/m1/s1. The van der Waals surface area contributed by atoms with E-state index in [1.165, 1.54) is 44.9 Å². The molecule has 0 aromatic heterocycles. The summed E-state index contributed by atoms with van der Waals surface area (Å²) in [5, 5.41) is 13.9. The SMILES string of the molecule is C[C@H](CCCN=[N+]=[N-])C1CCC2C3CC=C4C[C@@H](O)CC[C@]4(C)C3CC[C@@]21C. The first-order chi connectivity index (χ1) is 13.4. The lowest BCUT2D eigenvalue weighted by Gasteiger charge is -2.58. The summed E-state index contributed by atoms with van der Waals surface area (Å²) in [4.78, 5) is 2.90. The molecule has 3 fully saturated rings. The number of allylic oxidation sites excluding steroid dienone is 1. The van der Waals surface area contributed by atoms with Crippen LogP contribution >= 0.6 is 0 Å². The van der Waals surface area contributed by atoms with Gasteiger partial charge in [-0.25, -0.2) is 0 Å². The van der Waals surface area contributed by atoms with Crippen LogP contribution in [-0.2, 0) is 0 Å². The van der Waals surface area contributed by atoms with Crippen molar-refractivity contribution in [2.24, 2.45) is 45.5 Å². The van der Waals surface area contributed by atoms with Crippen molar-refractivity contribution in [3.8, 4) is 0 Å². The zero-order valence-electron chi connectivity index (χ0n) is 18.1. The van der Waals surface area contributed by atoms with Crippen LogP contribution in [0.1, 0.15) is 85.0 Å². The summed E-state index contributed by atoms with van der Waals surface area (Å²) >= 11 is 0. The lowest BCUT2D eigenvalue weighted by Crippen LogP contribution is -2.50. The third kappa shape index (κ3) is 3.21. The average molecular weight is 386 g/mol. The quantitative estimate of drug-likeness (QED) is 0.186. The molecule has 8 atom stereocenters. The number of aliphatic hydroxyl groups is 1. The van der Waals surface area contributed by atoms with Gasteiger partial charge >= 0.3 is 0 Å². The molecule has 0 aromatic rings. The van der Waals surface area contributed by atoms with Gasteiger partial charge in [0.25, 0.3) is 0 Å². The van der Waals surface area contributed by atoms with E-state index in [0.717, 1.165) is 48.9 Å². The van der Waals surface area contributed by atoms with E-state index in [9.17, 15) is 5.11 Å². The number of azide groups is 1. The first kappa shape index (κ1) is 20.3. The van der Waals surface area contributed by atoms with Crippen molar-refractivity contribution in [2.75, 3.05) is 6.54 Å². The molecule has 4 rings (SSSR count). The smallest absolute Gasteiger partial charge is 0.0577 e. The van der Waals surface area contributed by atoms with Gasteiger partial charge in [-0.15, -0.1) is 0 Å². The monoisotopic (exact) mass is 385 g/mol. The highest BCUT2D eigenvalue weighted by atomic mass is 16.3. The molecular weight excluding hydrogens is 346 g/mol. The Kier molecular flexibility index (Phi) is 5.57. The van der Waals surface area contributed by atoms with Crippen LogP contribution in [0, 0.1) is 40.4 Å². The molecule has 4 aliphatic rings. The maximum absolute atomic E-state index is 10.2. The number of hydrogen-bond acceptors (Lipinski definition) is 2. The molecule has 0 amide bonds. The molecule has 0 aromatic carbocycles. The van der Waals surface area contributed by atoms with Gasteiger partial charge in [0.2, 0.25) is 0 Å². The molecule has 4 heteroatoms. The van der Waals surface area contributed by atoms with Crippen LogP contribution in [0.5, 0.6) is 0 Å². The third-order valence-corrected chi connectivity index (χ3v) is 9.82. The highest BCUT2D eigenvalue weighted by Crippen LogP contribution is 2.67. The Labute approximate surface area is 170 Å². The van der Waals surface area contributed by atoms with E-state index in [-0.39, 0.29) is 6.10 Å². The topological polar surface area (TPSA) is 69.0 Å². The molecule has 0 aliphatic heterocycles. The lowest BCUT2D eigenvalue weighted by atomic mass is 9.47. The maximum atomic E-state index is 10.2. The molecular formula is C24H39N3O. The third-order valence-electron chi connectivity index (χ3n) is 9.82. The second-order valence-corrected chi connectivity index (χ2v) is 11.0. The van der Waals surface area contributed by atoms with Crippen LogP contribution in [0.25, 0.3) is 10.4 Å². The predicted molar refractivity (Wildman–Crippen MR) is 114 cm³/mol.